The van der Waals surface area contributed by atoms with E-state index in [2.05, 4.69) is 21.2 Å². The fourth-order valence-electron chi connectivity index (χ4n) is 2.53. The Morgan fingerprint density at radius 3 is 2.62 bits per heavy atom. The standard InChI is InChI=1S/C15H11BrClN3O4/c1-2-24-12-8(16)3-6(17)4-9(12)20-10(21)5-7-11(13(20)18)15(23)19-14(7)22/h3-5H,2,18H2,1H3,(H,19,22,23). The molecule has 0 radical (unpaired) electrons. The van der Waals surface area contributed by atoms with Crippen molar-refractivity contribution in [2.24, 2.45) is 0 Å². The number of nitrogen functional groups attached to an aromatic ring is 1. The van der Waals surface area contributed by atoms with Crippen LogP contribution in [-0.4, -0.2) is 23.0 Å². The Hall–Kier alpha value is -2.32. The molecule has 0 aliphatic carbocycles. The van der Waals surface area contributed by atoms with Crippen molar-refractivity contribution >= 4 is 45.2 Å². The Kier molecular flexibility index (Phi) is 4.10. The van der Waals surface area contributed by atoms with Gasteiger partial charge in [0, 0.05) is 11.1 Å². The molecule has 0 atom stereocenters. The van der Waals surface area contributed by atoms with Gasteiger partial charge in [0.15, 0.2) is 5.75 Å². The van der Waals surface area contributed by atoms with Gasteiger partial charge in [0.25, 0.3) is 17.4 Å². The van der Waals surface area contributed by atoms with E-state index in [9.17, 15) is 14.4 Å². The fourth-order valence-corrected chi connectivity index (χ4v) is 3.44. The van der Waals surface area contributed by atoms with E-state index in [0.717, 1.165) is 10.6 Å². The highest BCUT2D eigenvalue weighted by atomic mass is 79.9. The average molecular weight is 413 g/mol. The number of carbonyl (C=O) groups is 2. The highest BCUT2D eigenvalue weighted by Gasteiger charge is 2.32. The molecule has 2 heterocycles. The van der Waals surface area contributed by atoms with Crippen molar-refractivity contribution in [3.63, 3.8) is 0 Å². The van der Waals surface area contributed by atoms with E-state index in [1.54, 1.807) is 13.0 Å². The molecule has 2 amide bonds. The summed E-state index contributed by atoms with van der Waals surface area (Å²) in [4.78, 5) is 36.2. The van der Waals surface area contributed by atoms with Crippen molar-refractivity contribution in [2.45, 2.75) is 6.92 Å². The summed E-state index contributed by atoms with van der Waals surface area (Å²) < 4.78 is 7.19. The normalized spacial score (nSPS) is 13.0. The van der Waals surface area contributed by atoms with E-state index in [-0.39, 0.29) is 22.6 Å². The highest BCUT2D eigenvalue weighted by molar-refractivity contribution is 9.10. The second-order valence-electron chi connectivity index (χ2n) is 4.94. The van der Waals surface area contributed by atoms with Crippen molar-refractivity contribution in [1.82, 2.24) is 9.88 Å². The molecule has 3 N–H and O–H groups in total. The van der Waals surface area contributed by atoms with Crippen molar-refractivity contribution in [2.75, 3.05) is 12.3 Å². The topological polar surface area (TPSA) is 103 Å². The molecule has 0 saturated carbocycles. The number of benzene rings is 1. The van der Waals surface area contributed by atoms with E-state index in [4.69, 9.17) is 22.1 Å². The second kappa shape index (κ2) is 5.95. The SMILES string of the molecule is CCOc1c(Br)cc(Cl)cc1-n1c(N)c2c(cc1=O)C(=O)NC2=O. The zero-order valence-corrected chi connectivity index (χ0v) is 14.7. The second-order valence-corrected chi connectivity index (χ2v) is 6.23. The third kappa shape index (κ3) is 2.47. The van der Waals surface area contributed by atoms with Gasteiger partial charge >= 0.3 is 0 Å². The molecule has 24 heavy (non-hydrogen) atoms. The van der Waals surface area contributed by atoms with Gasteiger partial charge in [0.05, 0.1) is 27.9 Å². The van der Waals surface area contributed by atoms with Gasteiger partial charge in [-0.2, -0.15) is 0 Å². The van der Waals surface area contributed by atoms with Crippen LogP contribution in [-0.2, 0) is 0 Å². The molecule has 2 aromatic rings. The molecule has 1 aliphatic rings. The maximum atomic E-state index is 12.5. The molecule has 0 fully saturated rings. The molecule has 1 aromatic heterocycles. The predicted octanol–water partition coefficient (Wildman–Crippen LogP) is 2.12. The van der Waals surface area contributed by atoms with E-state index in [0.29, 0.717) is 21.9 Å². The van der Waals surface area contributed by atoms with E-state index in [1.807, 2.05) is 0 Å². The summed E-state index contributed by atoms with van der Waals surface area (Å²) >= 11 is 9.40. The number of hydrogen-bond acceptors (Lipinski definition) is 5. The molecular weight excluding hydrogens is 402 g/mol. The molecule has 0 unspecified atom stereocenters. The zero-order chi connectivity index (χ0) is 17.6. The minimum Gasteiger partial charge on any atom is -0.490 e. The molecule has 3 rings (SSSR count). The Morgan fingerprint density at radius 1 is 1.25 bits per heavy atom. The zero-order valence-electron chi connectivity index (χ0n) is 12.4. The van der Waals surface area contributed by atoms with Crippen LogP contribution in [0.5, 0.6) is 5.75 Å². The summed E-state index contributed by atoms with van der Waals surface area (Å²) in [7, 11) is 0. The number of nitrogens with zero attached hydrogens (tertiary/aromatic N) is 1. The van der Waals surface area contributed by atoms with Gasteiger partial charge in [-0.15, -0.1) is 0 Å². The summed E-state index contributed by atoms with van der Waals surface area (Å²) in [6, 6.07) is 4.17. The number of fused-ring (bicyclic) bond motifs is 1. The van der Waals surface area contributed by atoms with Crippen LogP contribution in [0.1, 0.15) is 27.6 Å². The number of amides is 2. The number of ether oxygens (including phenoxy) is 1. The van der Waals surface area contributed by atoms with Crippen LogP contribution in [0.2, 0.25) is 5.02 Å². The number of aromatic nitrogens is 1. The summed E-state index contributed by atoms with van der Waals surface area (Å²) in [5.74, 6) is -1.11. The number of nitrogens with one attached hydrogen (secondary N) is 1. The van der Waals surface area contributed by atoms with Crippen LogP contribution in [0.3, 0.4) is 0 Å². The van der Waals surface area contributed by atoms with Gasteiger partial charge in [-0.05, 0) is 35.0 Å². The number of hydrogen-bond donors (Lipinski definition) is 2. The first kappa shape index (κ1) is 16.5. The van der Waals surface area contributed by atoms with E-state index >= 15 is 0 Å². The Labute approximate surface area is 149 Å². The number of pyridine rings is 1. The summed E-state index contributed by atoms with van der Waals surface area (Å²) in [6.45, 7) is 2.12. The first-order chi connectivity index (χ1) is 11.3. The lowest BCUT2D eigenvalue weighted by Gasteiger charge is -2.17. The number of rotatable bonds is 3. The molecule has 124 valence electrons. The van der Waals surface area contributed by atoms with Crippen LogP contribution >= 0.6 is 27.5 Å². The quantitative estimate of drug-likeness (QED) is 0.752. The van der Waals surface area contributed by atoms with Crippen LogP contribution < -0.4 is 21.3 Å². The molecule has 1 aliphatic heterocycles. The van der Waals surface area contributed by atoms with Gasteiger partial charge in [-0.1, -0.05) is 11.6 Å². The van der Waals surface area contributed by atoms with Crippen molar-refractivity contribution in [1.29, 1.82) is 0 Å². The van der Waals surface area contributed by atoms with E-state index in [1.165, 1.54) is 6.07 Å². The maximum Gasteiger partial charge on any atom is 0.262 e. The van der Waals surface area contributed by atoms with Gasteiger partial charge < -0.3 is 10.5 Å². The Balaban J connectivity index is 2.37. The van der Waals surface area contributed by atoms with Gasteiger partial charge in [-0.3, -0.25) is 24.3 Å². The molecule has 0 spiro atoms. The number of nitrogens with two attached hydrogens (primary N) is 1. The van der Waals surface area contributed by atoms with Crippen LogP contribution in [0.15, 0.2) is 27.5 Å². The summed E-state index contributed by atoms with van der Waals surface area (Å²) in [6.07, 6.45) is 0. The largest absolute Gasteiger partial charge is 0.490 e. The summed E-state index contributed by atoms with van der Waals surface area (Å²) in [5, 5.41) is 2.46. The van der Waals surface area contributed by atoms with Crippen molar-refractivity contribution in [3.8, 4) is 11.4 Å². The molecule has 0 bridgehead atoms. The van der Waals surface area contributed by atoms with E-state index < -0.39 is 17.4 Å². The Bertz CT molecular complexity index is 955. The average Bonchev–Trinajstić information content (AvgIpc) is 2.77. The van der Waals surface area contributed by atoms with Gasteiger partial charge in [0.2, 0.25) is 0 Å². The first-order valence-corrected chi connectivity index (χ1v) is 8.05. The Morgan fingerprint density at radius 2 is 1.96 bits per heavy atom. The van der Waals surface area contributed by atoms with Crippen molar-refractivity contribution < 1.29 is 14.3 Å². The van der Waals surface area contributed by atoms with Crippen LogP contribution in [0, 0.1) is 0 Å². The maximum absolute atomic E-state index is 12.5. The molecular formula is C15H11BrClN3O4. The minimum absolute atomic E-state index is 0.0434. The lowest BCUT2D eigenvalue weighted by Crippen LogP contribution is -2.24. The number of anilines is 1. The molecule has 0 saturated heterocycles. The van der Waals surface area contributed by atoms with Gasteiger partial charge in [0.1, 0.15) is 5.82 Å². The lowest BCUT2D eigenvalue weighted by atomic mass is 10.1. The monoisotopic (exact) mass is 411 g/mol. The number of imide groups is 1. The van der Waals surface area contributed by atoms with Gasteiger partial charge in [-0.25, -0.2) is 0 Å². The first-order valence-electron chi connectivity index (χ1n) is 6.88. The third-order valence-corrected chi connectivity index (χ3v) is 4.28. The smallest absolute Gasteiger partial charge is 0.262 e. The number of carbonyl (C=O) groups excluding carboxylic acids is 2. The molecule has 1 aromatic carbocycles. The van der Waals surface area contributed by atoms with Crippen LogP contribution in [0.25, 0.3) is 5.69 Å². The lowest BCUT2D eigenvalue weighted by molar-refractivity contribution is 0.0880. The van der Waals surface area contributed by atoms with Crippen LogP contribution in [0.4, 0.5) is 5.82 Å². The predicted molar refractivity (Wildman–Crippen MR) is 92.1 cm³/mol. The highest BCUT2D eigenvalue weighted by Crippen LogP contribution is 2.36. The third-order valence-electron chi connectivity index (χ3n) is 3.47. The molecule has 9 heteroatoms. The number of halogens is 2. The molecule has 7 nitrogen and oxygen atoms in total. The summed E-state index contributed by atoms with van der Waals surface area (Å²) in [5.41, 5.74) is 5.63. The minimum atomic E-state index is -0.652. The van der Waals surface area contributed by atoms with Crippen molar-refractivity contribution in [3.05, 3.63) is 49.2 Å². The fraction of sp³-hybridized carbons (Fsp3) is 0.133.